The molecule has 0 saturated heterocycles. The van der Waals surface area contributed by atoms with E-state index in [4.69, 9.17) is 11.6 Å². The second-order valence-electron chi connectivity index (χ2n) is 6.56. The highest BCUT2D eigenvalue weighted by molar-refractivity contribution is 6.32. The number of imidazole rings is 1. The van der Waals surface area contributed by atoms with Crippen molar-refractivity contribution in [1.82, 2.24) is 14.1 Å². The zero-order chi connectivity index (χ0) is 20.2. The summed E-state index contributed by atoms with van der Waals surface area (Å²) in [7, 11) is 0. The number of rotatable bonds is 6. The molecule has 0 atom stereocenters. The van der Waals surface area contributed by atoms with Crippen LogP contribution in [-0.2, 0) is 6.54 Å². The minimum absolute atomic E-state index is 0.180. The molecule has 0 aliphatic heterocycles. The second kappa shape index (κ2) is 8.32. The van der Waals surface area contributed by atoms with Crippen molar-refractivity contribution in [3.63, 3.8) is 0 Å². The van der Waals surface area contributed by atoms with E-state index in [0.717, 1.165) is 13.0 Å². The first-order valence-corrected chi connectivity index (χ1v) is 9.62. The van der Waals surface area contributed by atoms with E-state index < -0.39 is 0 Å². The Morgan fingerprint density at radius 1 is 1.10 bits per heavy atom. The maximum Gasteiger partial charge on any atom is 0.265 e. The number of benzene rings is 2. The summed E-state index contributed by atoms with van der Waals surface area (Å²) in [5.74, 6) is -0.180. The zero-order valence-corrected chi connectivity index (χ0v) is 16.3. The van der Waals surface area contributed by atoms with Crippen LogP contribution in [0.4, 0.5) is 0 Å². The van der Waals surface area contributed by atoms with E-state index >= 15 is 0 Å². The Kier molecular flexibility index (Phi) is 5.44. The number of fused-ring (bicyclic) bond motifs is 1. The van der Waals surface area contributed by atoms with Gasteiger partial charge < -0.3 is 9.67 Å². The Bertz CT molecular complexity index is 1230. The maximum atomic E-state index is 13.1. The van der Waals surface area contributed by atoms with Crippen LogP contribution in [0.15, 0.2) is 77.0 Å². The number of aryl methyl sites for hydroxylation is 1. The third-order valence-electron chi connectivity index (χ3n) is 4.68. The van der Waals surface area contributed by atoms with Crippen molar-refractivity contribution >= 4 is 28.6 Å². The summed E-state index contributed by atoms with van der Waals surface area (Å²) in [5.41, 5.74) is 0.586. The van der Waals surface area contributed by atoms with Crippen LogP contribution in [0.5, 0.6) is 5.88 Å². The third-order valence-corrected chi connectivity index (χ3v) is 5.00. The van der Waals surface area contributed by atoms with Crippen LogP contribution in [0.2, 0.25) is 5.02 Å². The summed E-state index contributed by atoms with van der Waals surface area (Å²) < 4.78 is 3.22. The summed E-state index contributed by atoms with van der Waals surface area (Å²) in [6.07, 6.45) is 7.87. The predicted octanol–water partition coefficient (Wildman–Crippen LogP) is 4.06. The van der Waals surface area contributed by atoms with Gasteiger partial charge >= 0.3 is 0 Å². The van der Waals surface area contributed by atoms with Crippen LogP contribution in [0.25, 0.3) is 16.5 Å². The van der Waals surface area contributed by atoms with Gasteiger partial charge in [0.2, 0.25) is 5.88 Å². The third kappa shape index (κ3) is 3.79. The first-order chi connectivity index (χ1) is 14.2. The average Bonchev–Trinajstić information content (AvgIpc) is 3.25. The first-order valence-electron chi connectivity index (χ1n) is 9.24. The van der Waals surface area contributed by atoms with Gasteiger partial charge in [0.1, 0.15) is 0 Å². The minimum Gasteiger partial charge on any atom is -0.494 e. The van der Waals surface area contributed by atoms with Crippen LogP contribution in [0.1, 0.15) is 12.0 Å². The first kappa shape index (κ1) is 19.0. The standard InChI is InChI=1S/C22H19ClN4O2/c23-19-8-3-4-9-20(19)27-21(28)17-7-2-1-6-16(17)18(22(27)29)14-24-10-5-12-26-13-11-25-15-26/h1-4,6-9,11,13-15,29H,5,10,12H2. The molecule has 4 aromatic rings. The van der Waals surface area contributed by atoms with Crippen molar-refractivity contribution in [3.05, 3.63) is 88.2 Å². The molecule has 29 heavy (non-hydrogen) atoms. The fourth-order valence-corrected chi connectivity index (χ4v) is 3.49. The minimum atomic E-state index is -0.330. The van der Waals surface area contributed by atoms with Gasteiger partial charge in [-0.25, -0.2) is 9.55 Å². The lowest BCUT2D eigenvalue weighted by Crippen LogP contribution is -2.20. The molecule has 0 aliphatic rings. The van der Waals surface area contributed by atoms with Gasteiger partial charge in [-0.3, -0.25) is 9.79 Å². The Morgan fingerprint density at radius 3 is 2.62 bits per heavy atom. The van der Waals surface area contributed by atoms with E-state index in [1.165, 1.54) is 4.57 Å². The molecular formula is C22H19ClN4O2. The van der Waals surface area contributed by atoms with Gasteiger partial charge in [0.05, 0.1) is 22.6 Å². The van der Waals surface area contributed by atoms with Gasteiger partial charge in [-0.15, -0.1) is 0 Å². The Labute approximate surface area is 172 Å². The lowest BCUT2D eigenvalue weighted by molar-refractivity contribution is 0.436. The molecule has 2 aromatic heterocycles. The number of nitrogens with zero attached hydrogens (tertiary/aromatic N) is 4. The molecule has 146 valence electrons. The summed E-state index contributed by atoms with van der Waals surface area (Å²) in [5, 5.41) is 12.5. The molecule has 0 bridgehead atoms. The lowest BCUT2D eigenvalue weighted by atomic mass is 10.1. The Morgan fingerprint density at radius 2 is 1.86 bits per heavy atom. The van der Waals surface area contributed by atoms with Crippen molar-refractivity contribution in [2.75, 3.05) is 6.54 Å². The molecule has 7 heteroatoms. The van der Waals surface area contributed by atoms with Gasteiger partial charge in [0.25, 0.3) is 5.56 Å². The molecule has 4 rings (SSSR count). The van der Waals surface area contributed by atoms with Crippen molar-refractivity contribution in [2.24, 2.45) is 4.99 Å². The molecule has 6 nitrogen and oxygen atoms in total. The SMILES string of the molecule is O=c1c2ccccc2c(C=NCCCn2ccnc2)c(O)n1-c1ccccc1Cl. The van der Waals surface area contributed by atoms with Crippen LogP contribution >= 0.6 is 11.6 Å². The molecular weight excluding hydrogens is 388 g/mol. The van der Waals surface area contributed by atoms with Crippen LogP contribution in [0, 0.1) is 0 Å². The number of para-hydroxylation sites is 1. The fourth-order valence-electron chi connectivity index (χ4n) is 3.27. The molecule has 0 spiro atoms. The number of aliphatic imine (C=N–C) groups is 1. The van der Waals surface area contributed by atoms with Crippen LogP contribution in [-0.4, -0.2) is 32.0 Å². The number of aromatic hydroxyl groups is 1. The molecule has 2 heterocycles. The fraction of sp³-hybridized carbons (Fsp3) is 0.136. The maximum absolute atomic E-state index is 13.1. The van der Waals surface area contributed by atoms with Gasteiger partial charge in [0, 0.05) is 42.5 Å². The quantitative estimate of drug-likeness (QED) is 0.387. The molecule has 0 radical (unpaired) electrons. The van der Waals surface area contributed by atoms with Crippen molar-refractivity contribution in [1.29, 1.82) is 0 Å². The second-order valence-corrected chi connectivity index (χ2v) is 6.97. The normalized spacial score (nSPS) is 11.5. The van der Waals surface area contributed by atoms with E-state index in [9.17, 15) is 9.90 Å². The van der Waals surface area contributed by atoms with Crippen molar-refractivity contribution in [2.45, 2.75) is 13.0 Å². The van der Waals surface area contributed by atoms with Crippen LogP contribution < -0.4 is 5.56 Å². The number of hydrogen-bond acceptors (Lipinski definition) is 4. The smallest absolute Gasteiger partial charge is 0.265 e. The predicted molar refractivity (Wildman–Crippen MR) is 116 cm³/mol. The van der Waals surface area contributed by atoms with Crippen molar-refractivity contribution < 1.29 is 5.11 Å². The van der Waals surface area contributed by atoms with Gasteiger partial charge in [-0.1, -0.05) is 41.9 Å². The van der Waals surface area contributed by atoms with Crippen molar-refractivity contribution in [3.8, 4) is 11.6 Å². The van der Waals surface area contributed by atoms with Gasteiger partial charge in [0.15, 0.2) is 0 Å². The summed E-state index contributed by atoms with van der Waals surface area (Å²) in [6, 6.07) is 14.1. The average molecular weight is 407 g/mol. The van der Waals surface area contributed by atoms with Crippen LogP contribution in [0.3, 0.4) is 0 Å². The van der Waals surface area contributed by atoms with E-state index in [2.05, 4.69) is 9.98 Å². The van der Waals surface area contributed by atoms with E-state index in [0.29, 0.717) is 33.6 Å². The molecule has 0 unspecified atom stereocenters. The molecule has 2 aromatic carbocycles. The number of halogens is 1. The molecule has 0 saturated carbocycles. The summed E-state index contributed by atoms with van der Waals surface area (Å²) in [4.78, 5) is 21.5. The zero-order valence-electron chi connectivity index (χ0n) is 15.6. The van der Waals surface area contributed by atoms with Gasteiger partial charge in [-0.2, -0.15) is 0 Å². The number of pyridine rings is 1. The highest BCUT2D eigenvalue weighted by Gasteiger charge is 2.17. The van der Waals surface area contributed by atoms with E-state index in [1.807, 2.05) is 16.8 Å². The molecule has 0 aliphatic carbocycles. The lowest BCUT2D eigenvalue weighted by Gasteiger charge is -2.14. The number of hydrogen-bond donors (Lipinski definition) is 1. The van der Waals surface area contributed by atoms with E-state index in [1.54, 1.807) is 61.2 Å². The van der Waals surface area contributed by atoms with E-state index in [-0.39, 0.29) is 11.4 Å². The highest BCUT2D eigenvalue weighted by atomic mass is 35.5. The largest absolute Gasteiger partial charge is 0.494 e. The summed E-state index contributed by atoms with van der Waals surface area (Å²) >= 11 is 6.29. The van der Waals surface area contributed by atoms with Gasteiger partial charge in [-0.05, 0) is 24.6 Å². The monoisotopic (exact) mass is 406 g/mol. The number of aromatic nitrogens is 3. The Hall–Kier alpha value is -3.38. The molecule has 0 amide bonds. The molecule has 0 fully saturated rings. The highest BCUT2D eigenvalue weighted by Crippen LogP contribution is 2.28. The Balaban J connectivity index is 1.74. The molecule has 1 N–H and O–H groups in total. The topological polar surface area (TPSA) is 72.4 Å². The summed E-state index contributed by atoms with van der Waals surface area (Å²) in [6.45, 7) is 1.39.